The number of nitrogens with zero attached hydrogens (tertiary/aromatic N) is 2. The quantitative estimate of drug-likeness (QED) is 0.439. The molecular formula is C21H17N3O5. The first-order valence-electron chi connectivity index (χ1n) is 8.87. The number of aromatic nitrogens is 1. The second-order valence-corrected chi connectivity index (χ2v) is 6.11. The minimum Gasteiger partial charge on any atom is -0.506 e. The number of nitrogens with one attached hydrogen (secondary N) is 1. The van der Waals surface area contributed by atoms with Crippen LogP contribution in [0.5, 0.6) is 11.5 Å². The van der Waals surface area contributed by atoms with E-state index in [4.69, 9.17) is 9.15 Å². The molecular weight excluding hydrogens is 374 g/mol. The van der Waals surface area contributed by atoms with Gasteiger partial charge in [0.15, 0.2) is 22.9 Å². The van der Waals surface area contributed by atoms with Crippen LogP contribution in [0.3, 0.4) is 0 Å². The van der Waals surface area contributed by atoms with Crippen molar-refractivity contribution in [3.8, 4) is 11.5 Å². The molecule has 146 valence electrons. The van der Waals surface area contributed by atoms with Gasteiger partial charge in [0.25, 0.3) is 0 Å². The van der Waals surface area contributed by atoms with E-state index in [9.17, 15) is 15.0 Å². The first-order valence-corrected chi connectivity index (χ1v) is 8.87. The summed E-state index contributed by atoms with van der Waals surface area (Å²) in [5.41, 5.74) is 1.59. The molecule has 8 nitrogen and oxygen atoms in total. The van der Waals surface area contributed by atoms with E-state index in [1.807, 2.05) is 6.07 Å². The summed E-state index contributed by atoms with van der Waals surface area (Å²) < 4.78 is 10.8. The van der Waals surface area contributed by atoms with Crippen LogP contribution in [-0.2, 0) is 4.74 Å². The van der Waals surface area contributed by atoms with Gasteiger partial charge in [0.2, 0.25) is 5.88 Å². The third kappa shape index (κ3) is 3.43. The second-order valence-electron chi connectivity index (χ2n) is 6.11. The zero-order chi connectivity index (χ0) is 20.4. The average molecular weight is 391 g/mol. The van der Waals surface area contributed by atoms with Crippen molar-refractivity contribution in [2.24, 2.45) is 4.99 Å². The lowest BCUT2D eigenvalue weighted by molar-refractivity contribution is 0.0524. The number of rotatable bonds is 5. The fourth-order valence-electron chi connectivity index (χ4n) is 2.90. The number of anilines is 2. The number of carbonyl (C=O) groups excluding carboxylic acids is 1. The maximum atomic E-state index is 12.4. The van der Waals surface area contributed by atoms with E-state index >= 15 is 0 Å². The van der Waals surface area contributed by atoms with Gasteiger partial charge < -0.3 is 24.7 Å². The number of phenols is 1. The summed E-state index contributed by atoms with van der Waals surface area (Å²) in [7, 11) is 0. The topological polar surface area (TPSA) is 117 Å². The molecule has 0 amide bonds. The van der Waals surface area contributed by atoms with Crippen molar-refractivity contribution < 1.29 is 24.2 Å². The molecule has 0 saturated carbocycles. The van der Waals surface area contributed by atoms with Gasteiger partial charge in [-0.15, -0.1) is 0 Å². The number of ether oxygens (including phenoxy) is 1. The minimum atomic E-state index is -0.751. The van der Waals surface area contributed by atoms with Gasteiger partial charge in [0.05, 0.1) is 12.3 Å². The van der Waals surface area contributed by atoms with Crippen LogP contribution in [0.4, 0.5) is 17.4 Å². The standard InChI is InChI=1S/C21H17N3O5/c1-2-28-21(27)17-18(26)16(10-12-11-23-19-13(12)6-5-9-22-19)29-20(17)24-14-7-3-4-8-15(14)25/h3-11,24-26H,2H2,1H3/b12-10+. The molecule has 0 radical (unpaired) electrons. The molecule has 0 bridgehead atoms. The van der Waals surface area contributed by atoms with E-state index in [1.165, 1.54) is 6.07 Å². The lowest BCUT2D eigenvalue weighted by Gasteiger charge is -2.07. The van der Waals surface area contributed by atoms with Crippen LogP contribution >= 0.6 is 0 Å². The molecule has 3 aromatic rings. The molecule has 1 aromatic carbocycles. The van der Waals surface area contributed by atoms with E-state index < -0.39 is 5.97 Å². The maximum Gasteiger partial charge on any atom is 0.347 e. The monoisotopic (exact) mass is 391 g/mol. The summed E-state index contributed by atoms with van der Waals surface area (Å²) in [6, 6.07) is 10.1. The number of benzene rings is 1. The van der Waals surface area contributed by atoms with Crippen LogP contribution in [0, 0.1) is 0 Å². The Hall–Kier alpha value is -4.07. The first kappa shape index (κ1) is 18.3. The fraction of sp³-hybridized carbons (Fsp3) is 0.0952. The van der Waals surface area contributed by atoms with Crippen LogP contribution in [0.2, 0.25) is 0 Å². The van der Waals surface area contributed by atoms with Gasteiger partial charge in [0, 0.05) is 23.5 Å². The summed E-state index contributed by atoms with van der Waals surface area (Å²) in [5.74, 6) is -0.609. The normalized spacial score (nSPS) is 13.5. The number of furan rings is 1. The van der Waals surface area contributed by atoms with Crippen molar-refractivity contribution in [3.63, 3.8) is 0 Å². The number of esters is 1. The van der Waals surface area contributed by atoms with E-state index in [1.54, 1.807) is 49.7 Å². The molecule has 3 heterocycles. The predicted molar refractivity (Wildman–Crippen MR) is 108 cm³/mol. The summed E-state index contributed by atoms with van der Waals surface area (Å²) >= 11 is 0. The molecule has 4 rings (SSSR count). The second kappa shape index (κ2) is 7.51. The van der Waals surface area contributed by atoms with E-state index in [0.717, 1.165) is 5.56 Å². The lowest BCUT2D eigenvalue weighted by Crippen LogP contribution is -2.06. The number of hydrogen-bond donors (Lipinski definition) is 3. The van der Waals surface area contributed by atoms with Crippen molar-refractivity contribution in [2.75, 3.05) is 11.9 Å². The highest BCUT2D eigenvalue weighted by Gasteiger charge is 2.27. The third-order valence-electron chi connectivity index (χ3n) is 4.25. The number of aliphatic imine (C=N–C) groups is 1. The Morgan fingerprint density at radius 2 is 2.07 bits per heavy atom. The van der Waals surface area contributed by atoms with Gasteiger partial charge in [-0.3, -0.25) is 0 Å². The molecule has 0 unspecified atom stereocenters. The lowest BCUT2D eigenvalue weighted by atomic mass is 10.1. The molecule has 29 heavy (non-hydrogen) atoms. The van der Waals surface area contributed by atoms with Gasteiger partial charge in [-0.2, -0.15) is 0 Å². The SMILES string of the molecule is CCOC(=O)c1c(Nc2ccccc2O)oc(/C=C2\C=Nc3ncccc32)c1O. The molecule has 0 fully saturated rings. The van der Waals surface area contributed by atoms with E-state index in [2.05, 4.69) is 15.3 Å². The molecule has 0 saturated heterocycles. The first-order chi connectivity index (χ1) is 14.1. The molecule has 2 aromatic heterocycles. The van der Waals surface area contributed by atoms with Crippen molar-refractivity contribution in [3.05, 3.63) is 59.5 Å². The van der Waals surface area contributed by atoms with E-state index in [0.29, 0.717) is 17.1 Å². The largest absolute Gasteiger partial charge is 0.506 e. The number of phenolic OH excluding ortho intramolecular Hbond substituents is 1. The zero-order valence-electron chi connectivity index (χ0n) is 15.4. The number of aromatic hydroxyl groups is 2. The number of para-hydroxylation sites is 2. The molecule has 3 N–H and O–H groups in total. The van der Waals surface area contributed by atoms with Gasteiger partial charge in [-0.1, -0.05) is 12.1 Å². The number of pyridine rings is 1. The Bertz CT molecular complexity index is 1150. The summed E-state index contributed by atoms with van der Waals surface area (Å²) in [6.07, 6.45) is 4.79. The zero-order valence-corrected chi connectivity index (χ0v) is 15.4. The van der Waals surface area contributed by atoms with Crippen LogP contribution in [0.1, 0.15) is 28.6 Å². The van der Waals surface area contributed by atoms with Crippen molar-refractivity contribution in [1.29, 1.82) is 0 Å². The van der Waals surface area contributed by atoms with Crippen molar-refractivity contribution in [2.45, 2.75) is 6.92 Å². The van der Waals surface area contributed by atoms with Crippen molar-refractivity contribution >= 4 is 41.2 Å². The third-order valence-corrected chi connectivity index (χ3v) is 4.25. The average Bonchev–Trinajstić information content (AvgIpc) is 3.25. The number of allylic oxidation sites excluding steroid dienone is 1. The van der Waals surface area contributed by atoms with Crippen LogP contribution in [0.15, 0.2) is 52.0 Å². The molecule has 0 spiro atoms. The summed E-state index contributed by atoms with van der Waals surface area (Å²) in [6.45, 7) is 1.79. The molecule has 0 atom stereocenters. The summed E-state index contributed by atoms with van der Waals surface area (Å²) in [5, 5.41) is 23.5. The molecule has 1 aliphatic heterocycles. The number of carbonyl (C=O) groups is 1. The van der Waals surface area contributed by atoms with Gasteiger partial charge in [0.1, 0.15) is 5.75 Å². The van der Waals surface area contributed by atoms with Crippen LogP contribution in [-0.4, -0.2) is 34.0 Å². The Morgan fingerprint density at radius 1 is 1.24 bits per heavy atom. The molecule has 0 aliphatic carbocycles. The van der Waals surface area contributed by atoms with Gasteiger partial charge >= 0.3 is 5.97 Å². The predicted octanol–water partition coefficient (Wildman–Crippen LogP) is 4.26. The highest BCUT2D eigenvalue weighted by Crippen LogP contribution is 2.40. The number of fused-ring (bicyclic) bond motifs is 1. The fourth-order valence-corrected chi connectivity index (χ4v) is 2.90. The number of hydrogen-bond acceptors (Lipinski definition) is 8. The van der Waals surface area contributed by atoms with Crippen LogP contribution < -0.4 is 5.32 Å². The minimum absolute atomic E-state index is 0.0407. The van der Waals surface area contributed by atoms with Crippen molar-refractivity contribution in [1.82, 2.24) is 4.98 Å². The van der Waals surface area contributed by atoms with Crippen LogP contribution in [0.25, 0.3) is 11.6 Å². The Morgan fingerprint density at radius 3 is 2.86 bits per heavy atom. The Kier molecular flexibility index (Phi) is 4.74. The Balaban J connectivity index is 1.78. The molecule has 8 heteroatoms. The maximum absolute atomic E-state index is 12.4. The van der Waals surface area contributed by atoms with Gasteiger partial charge in [-0.25, -0.2) is 14.8 Å². The van der Waals surface area contributed by atoms with E-state index in [-0.39, 0.29) is 35.3 Å². The summed E-state index contributed by atoms with van der Waals surface area (Å²) in [4.78, 5) is 20.8. The molecule has 1 aliphatic rings. The smallest absolute Gasteiger partial charge is 0.347 e. The Labute approximate surface area is 165 Å². The highest BCUT2D eigenvalue weighted by molar-refractivity contribution is 6.21. The highest BCUT2D eigenvalue weighted by atomic mass is 16.5. The van der Waals surface area contributed by atoms with Gasteiger partial charge in [-0.05, 0) is 37.3 Å².